The van der Waals surface area contributed by atoms with E-state index >= 15 is 0 Å². The van der Waals surface area contributed by atoms with Crippen LogP contribution in [0.5, 0.6) is 0 Å². The maximum Gasteiger partial charge on any atom is 0.123 e. The minimum absolute atomic E-state index is 0.519. The summed E-state index contributed by atoms with van der Waals surface area (Å²) in [6.45, 7) is 2.55. The molecule has 1 saturated heterocycles. The molecular weight excluding hydrogens is 176 g/mol. The normalized spacial score (nSPS) is 34.9. The minimum Gasteiger partial charge on any atom is -0.488 e. The maximum atomic E-state index is 5.63. The van der Waals surface area contributed by atoms with Gasteiger partial charge in [-0.2, -0.15) is 0 Å². The Hall–Kier alpha value is -1.09. The highest BCUT2D eigenvalue weighted by molar-refractivity contribution is 5.60. The molecule has 14 heavy (non-hydrogen) atoms. The van der Waals surface area contributed by atoms with Crippen LogP contribution in [0.2, 0.25) is 0 Å². The molecule has 0 spiro atoms. The number of allylic oxidation sites excluding steroid dienone is 1. The number of nitrogens with zero attached hydrogens (tertiary/aromatic N) is 1. The third kappa shape index (κ3) is 1.20. The number of rotatable bonds is 0. The molecule has 74 valence electrons. The summed E-state index contributed by atoms with van der Waals surface area (Å²) in [6.07, 6.45) is 7.40. The molecule has 3 aliphatic rings. The van der Waals surface area contributed by atoms with Gasteiger partial charge in [0.15, 0.2) is 0 Å². The molecule has 0 radical (unpaired) electrons. The van der Waals surface area contributed by atoms with E-state index in [0.29, 0.717) is 18.6 Å². The van der Waals surface area contributed by atoms with Crippen molar-refractivity contribution < 1.29 is 4.74 Å². The number of hydrogen-bond donors (Lipinski definition) is 1. The van der Waals surface area contributed by atoms with Gasteiger partial charge in [0, 0.05) is 18.2 Å². The van der Waals surface area contributed by atoms with Crippen molar-refractivity contribution in [1.29, 1.82) is 0 Å². The standard InChI is InChI=1S/C11H14N2O/c1-2-11-9(7-12-5-6-14-11)8-3-4-13-10(1)8/h1-2,5,8,10,13H,3-4,6-7H2. The first-order valence-corrected chi connectivity index (χ1v) is 5.21. The molecule has 3 nitrogen and oxygen atoms in total. The van der Waals surface area contributed by atoms with Crippen molar-refractivity contribution in [3.8, 4) is 0 Å². The van der Waals surface area contributed by atoms with Crippen LogP contribution in [0, 0.1) is 5.92 Å². The summed E-state index contributed by atoms with van der Waals surface area (Å²) in [6, 6.07) is 0.519. The fourth-order valence-electron chi connectivity index (χ4n) is 2.48. The quantitative estimate of drug-likeness (QED) is 0.615. The molecule has 0 aromatic carbocycles. The van der Waals surface area contributed by atoms with Gasteiger partial charge in [0.25, 0.3) is 0 Å². The molecule has 3 rings (SSSR count). The predicted molar refractivity (Wildman–Crippen MR) is 55.4 cm³/mol. The largest absolute Gasteiger partial charge is 0.488 e. The third-order valence-corrected chi connectivity index (χ3v) is 3.19. The van der Waals surface area contributed by atoms with Crippen LogP contribution in [-0.2, 0) is 4.74 Å². The van der Waals surface area contributed by atoms with Gasteiger partial charge >= 0.3 is 0 Å². The van der Waals surface area contributed by atoms with Crippen LogP contribution in [0.3, 0.4) is 0 Å². The lowest BCUT2D eigenvalue weighted by Gasteiger charge is -2.24. The van der Waals surface area contributed by atoms with Gasteiger partial charge in [0.2, 0.25) is 0 Å². The Morgan fingerprint density at radius 1 is 1.50 bits per heavy atom. The average molecular weight is 190 g/mol. The van der Waals surface area contributed by atoms with E-state index in [0.717, 1.165) is 18.8 Å². The van der Waals surface area contributed by atoms with Gasteiger partial charge in [-0.3, -0.25) is 4.99 Å². The molecule has 0 amide bonds. The van der Waals surface area contributed by atoms with Crippen LogP contribution >= 0.6 is 0 Å². The Morgan fingerprint density at radius 3 is 3.50 bits per heavy atom. The Kier molecular flexibility index (Phi) is 1.91. The zero-order valence-electron chi connectivity index (χ0n) is 8.07. The summed E-state index contributed by atoms with van der Waals surface area (Å²) >= 11 is 0. The van der Waals surface area contributed by atoms with Gasteiger partial charge in [0.1, 0.15) is 12.4 Å². The summed E-state index contributed by atoms with van der Waals surface area (Å²) in [7, 11) is 0. The van der Waals surface area contributed by atoms with Crippen molar-refractivity contribution in [2.45, 2.75) is 12.5 Å². The van der Waals surface area contributed by atoms with Crippen molar-refractivity contribution in [3.05, 3.63) is 23.5 Å². The molecule has 3 heteroatoms. The monoisotopic (exact) mass is 190 g/mol. The Morgan fingerprint density at radius 2 is 2.50 bits per heavy atom. The van der Waals surface area contributed by atoms with Crippen LogP contribution < -0.4 is 5.32 Å². The van der Waals surface area contributed by atoms with E-state index in [2.05, 4.69) is 22.5 Å². The van der Waals surface area contributed by atoms with Gasteiger partial charge in [-0.05, 0) is 24.6 Å². The van der Waals surface area contributed by atoms with E-state index in [9.17, 15) is 0 Å². The molecule has 0 aromatic rings. The van der Waals surface area contributed by atoms with Crippen LogP contribution in [0.1, 0.15) is 6.42 Å². The lowest BCUT2D eigenvalue weighted by atomic mass is 9.87. The van der Waals surface area contributed by atoms with Crippen molar-refractivity contribution in [1.82, 2.24) is 5.32 Å². The first kappa shape index (κ1) is 8.24. The fraction of sp³-hybridized carbons (Fsp3) is 0.545. The molecule has 0 aromatic heterocycles. The molecule has 2 atom stereocenters. The molecule has 2 heterocycles. The van der Waals surface area contributed by atoms with Crippen LogP contribution in [0.25, 0.3) is 0 Å². The molecule has 1 fully saturated rings. The Labute approximate surface area is 83.6 Å². The lowest BCUT2D eigenvalue weighted by molar-refractivity contribution is 0.266. The van der Waals surface area contributed by atoms with Crippen LogP contribution in [-0.4, -0.2) is 32.0 Å². The predicted octanol–water partition coefficient (Wildman–Crippen LogP) is 0.889. The van der Waals surface area contributed by atoms with E-state index in [1.165, 1.54) is 12.0 Å². The van der Waals surface area contributed by atoms with E-state index < -0.39 is 0 Å². The summed E-state index contributed by atoms with van der Waals surface area (Å²) in [5, 5.41) is 3.48. The molecule has 1 aliphatic carbocycles. The summed E-state index contributed by atoms with van der Waals surface area (Å²) in [5.41, 5.74) is 1.39. The number of hydrogen-bond acceptors (Lipinski definition) is 3. The number of fused-ring (bicyclic) bond motifs is 2. The van der Waals surface area contributed by atoms with E-state index in [4.69, 9.17) is 4.74 Å². The molecule has 2 aliphatic heterocycles. The number of aliphatic imine (C=N–C) groups is 1. The topological polar surface area (TPSA) is 33.6 Å². The highest BCUT2D eigenvalue weighted by atomic mass is 16.5. The molecule has 2 unspecified atom stereocenters. The van der Waals surface area contributed by atoms with Gasteiger partial charge in [-0.1, -0.05) is 6.08 Å². The Balaban J connectivity index is 1.96. The SMILES string of the molecule is C1=CC2NCCC2C2=C1OCC=NC2. The van der Waals surface area contributed by atoms with Crippen molar-refractivity contribution in [2.24, 2.45) is 10.9 Å². The second-order valence-electron chi connectivity index (χ2n) is 3.96. The first-order chi connectivity index (χ1) is 6.95. The average Bonchev–Trinajstić information content (AvgIpc) is 2.55. The summed E-state index contributed by atoms with van der Waals surface area (Å²) in [4.78, 5) is 4.35. The highest BCUT2D eigenvalue weighted by Gasteiger charge is 2.32. The van der Waals surface area contributed by atoms with E-state index in [-0.39, 0.29) is 0 Å². The number of ether oxygens (including phenoxy) is 1. The lowest BCUT2D eigenvalue weighted by Crippen LogP contribution is -2.29. The van der Waals surface area contributed by atoms with E-state index in [1.54, 1.807) is 0 Å². The summed E-state index contributed by atoms with van der Waals surface area (Å²) < 4.78 is 5.63. The minimum atomic E-state index is 0.519. The van der Waals surface area contributed by atoms with Crippen LogP contribution in [0.4, 0.5) is 0 Å². The van der Waals surface area contributed by atoms with Crippen LogP contribution in [0.15, 0.2) is 28.5 Å². The van der Waals surface area contributed by atoms with Gasteiger partial charge in [-0.25, -0.2) is 0 Å². The third-order valence-electron chi connectivity index (χ3n) is 3.19. The van der Waals surface area contributed by atoms with Crippen molar-refractivity contribution in [3.63, 3.8) is 0 Å². The van der Waals surface area contributed by atoms with Crippen molar-refractivity contribution >= 4 is 6.21 Å². The van der Waals surface area contributed by atoms with E-state index in [1.807, 2.05) is 6.21 Å². The zero-order valence-corrected chi connectivity index (χ0v) is 8.07. The smallest absolute Gasteiger partial charge is 0.123 e. The second-order valence-corrected chi connectivity index (χ2v) is 3.96. The van der Waals surface area contributed by atoms with Crippen molar-refractivity contribution in [2.75, 3.05) is 19.7 Å². The highest BCUT2D eigenvalue weighted by Crippen LogP contribution is 2.32. The van der Waals surface area contributed by atoms with Gasteiger partial charge in [-0.15, -0.1) is 0 Å². The second kappa shape index (κ2) is 3.24. The zero-order chi connectivity index (χ0) is 9.38. The van der Waals surface area contributed by atoms with Gasteiger partial charge in [0.05, 0.1) is 6.54 Å². The first-order valence-electron chi connectivity index (χ1n) is 5.21. The summed E-state index contributed by atoms with van der Waals surface area (Å²) in [5.74, 6) is 1.68. The van der Waals surface area contributed by atoms with Gasteiger partial charge < -0.3 is 10.1 Å². The molecular formula is C11H14N2O. The fourth-order valence-corrected chi connectivity index (χ4v) is 2.48. The molecule has 0 bridgehead atoms. The molecule has 0 saturated carbocycles. The Bertz CT molecular complexity index is 330. The number of nitrogens with one attached hydrogen (secondary N) is 1. The maximum absolute atomic E-state index is 5.63. The molecule has 1 N–H and O–H groups in total.